The number of nitrogens with two attached hydrogens (primary N) is 1. The lowest BCUT2D eigenvalue weighted by Crippen LogP contribution is -2.50. The van der Waals surface area contributed by atoms with Crippen molar-refractivity contribution in [3.8, 4) is 0 Å². The van der Waals surface area contributed by atoms with Gasteiger partial charge in [-0.2, -0.15) is 4.68 Å². The molecule has 1 aromatic rings. The molecule has 0 saturated heterocycles. The number of hydrogen-bond acceptors (Lipinski definition) is 5. The first-order valence-corrected chi connectivity index (χ1v) is 5.94. The van der Waals surface area contributed by atoms with E-state index in [-0.39, 0.29) is 5.16 Å². The second kappa shape index (κ2) is 4.78. The normalized spacial score (nSPS) is 11.5. The molecule has 1 aromatic heterocycles. The first kappa shape index (κ1) is 13.6. The number of nitrogen functional groups attached to an aromatic ring is 1. The zero-order valence-electron chi connectivity index (χ0n) is 9.73. The smallest absolute Gasteiger partial charge is 0.333 e. The van der Waals surface area contributed by atoms with Gasteiger partial charge < -0.3 is 11.2 Å². The van der Waals surface area contributed by atoms with Gasteiger partial charge in [0.25, 0.3) is 0 Å². The first-order chi connectivity index (χ1) is 7.82. The van der Waals surface area contributed by atoms with Gasteiger partial charge in [-0.05, 0) is 20.1 Å². The van der Waals surface area contributed by atoms with Gasteiger partial charge in [0.05, 0.1) is 5.54 Å². The average Bonchev–Trinajstić information content (AvgIpc) is 2.55. The Morgan fingerprint density at radius 3 is 2.65 bits per heavy atom. The minimum Gasteiger partial charge on any atom is -0.333 e. The Bertz CT molecular complexity index is 481. The fourth-order valence-electron chi connectivity index (χ4n) is 1.01. The molecule has 1 rings (SSSR count). The van der Waals surface area contributed by atoms with Gasteiger partial charge in [0.1, 0.15) is 6.67 Å². The third kappa shape index (κ3) is 2.78. The molecule has 0 aliphatic carbocycles. The third-order valence-electron chi connectivity index (χ3n) is 1.93. The minimum atomic E-state index is -1.06. The molecule has 0 aliphatic heterocycles. The van der Waals surface area contributed by atoms with Gasteiger partial charge in [0.2, 0.25) is 5.16 Å². The summed E-state index contributed by atoms with van der Waals surface area (Å²) in [6.07, 6.45) is 1.67. The number of rotatable bonds is 3. The number of carbonyl (C=O) groups is 1. The summed E-state index contributed by atoms with van der Waals surface area (Å²) in [5.74, 6) is 5.39. The molecule has 0 saturated carbocycles. The highest BCUT2D eigenvalue weighted by atomic mass is 32.2. The zero-order chi connectivity index (χ0) is 13.2. The van der Waals surface area contributed by atoms with Crippen molar-refractivity contribution in [2.75, 3.05) is 18.8 Å². The molecule has 0 bridgehead atoms. The fourth-order valence-corrected chi connectivity index (χ4v) is 1.45. The van der Waals surface area contributed by atoms with Crippen LogP contribution in [-0.2, 0) is 0 Å². The van der Waals surface area contributed by atoms with Gasteiger partial charge in [-0.25, -0.2) is 14.0 Å². The molecule has 3 N–H and O–H groups in total. The second-order valence-electron chi connectivity index (χ2n) is 4.00. The van der Waals surface area contributed by atoms with Crippen molar-refractivity contribution in [2.45, 2.75) is 24.5 Å². The Morgan fingerprint density at radius 1 is 1.65 bits per heavy atom. The molecule has 17 heavy (non-hydrogen) atoms. The van der Waals surface area contributed by atoms with Crippen LogP contribution in [0.4, 0.5) is 9.18 Å². The average molecular weight is 263 g/mol. The van der Waals surface area contributed by atoms with Crippen molar-refractivity contribution in [3.05, 3.63) is 10.5 Å². The van der Waals surface area contributed by atoms with Gasteiger partial charge in [-0.1, -0.05) is 11.8 Å². The van der Waals surface area contributed by atoms with E-state index in [2.05, 4.69) is 10.4 Å². The van der Waals surface area contributed by atoms with Gasteiger partial charge >= 0.3 is 11.7 Å². The van der Waals surface area contributed by atoms with Crippen molar-refractivity contribution in [1.82, 2.24) is 19.8 Å². The summed E-state index contributed by atoms with van der Waals surface area (Å²) in [6, 6.07) is -0.808. The molecule has 96 valence electrons. The second-order valence-corrected chi connectivity index (χ2v) is 4.77. The number of nitrogens with zero attached hydrogens (tertiary/aromatic N) is 3. The summed E-state index contributed by atoms with van der Waals surface area (Å²) in [4.78, 5) is 23.2. The zero-order valence-corrected chi connectivity index (χ0v) is 10.5. The van der Waals surface area contributed by atoms with Crippen LogP contribution >= 0.6 is 11.8 Å². The van der Waals surface area contributed by atoms with Crippen molar-refractivity contribution in [1.29, 1.82) is 0 Å². The molecule has 0 atom stereocenters. The van der Waals surface area contributed by atoms with Crippen LogP contribution in [-0.4, -0.2) is 39.0 Å². The van der Waals surface area contributed by atoms with Gasteiger partial charge in [-0.15, -0.1) is 9.78 Å². The molecule has 1 amide bonds. The van der Waals surface area contributed by atoms with E-state index in [1.54, 1.807) is 6.26 Å². The van der Waals surface area contributed by atoms with Gasteiger partial charge in [0, 0.05) is 0 Å². The predicted molar refractivity (Wildman–Crippen MR) is 62.4 cm³/mol. The molecule has 0 radical (unpaired) electrons. The van der Waals surface area contributed by atoms with E-state index in [1.165, 1.54) is 13.8 Å². The van der Waals surface area contributed by atoms with Gasteiger partial charge in [-0.3, -0.25) is 0 Å². The Labute approximate surface area is 101 Å². The van der Waals surface area contributed by atoms with E-state index in [0.717, 1.165) is 16.4 Å². The summed E-state index contributed by atoms with van der Waals surface area (Å²) in [6.45, 7) is 2.22. The molecule has 0 unspecified atom stereocenters. The highest BCUT2D eigenvalue weighted by Crippen LogP contribution is 2.06. The summed E-state index contributed by atoms with van der Waals surface area (Å²) in [5, 5.41) is 6.25. The van der Waals surface area contributed by atoms with Crippen molar-refractivity contribution < 1.29 is 9.18 Å². The number of hydrogen-bond donors (Lipinski definition) is 2. The SMILES string of the molecule is CSc1nn(C(=O)NC(C)(C)CF)c(=O)n1N. The van der Waals surface area contributed by atoms with Crippen LogP contribution in [0.1, 0.15) is 13.8 Å². The maximum absolute atomic E-state index is 12.5. The highest BCUT2D eigenvalue weighted by Gasteiger charge is 2.24. The number of nitrogens with one attached hydrogen (secondary N) is 1. The van der Waals surface area contributed by atoms with E-state index < -0.39 is 23.9 Å². The monoisotopic (exact) mass is 263 g/mol. The van der Waals surface area contributed by atoms with Crippen molar-refractivity contribution in [2.24, 2.45) is 0 Å². The number of carbonyl (C=O) groups excluding carboxylic acids is 1. The number of thioether (sulfide) groups is 1. The summed E-state index contributed by atoms with van der Waals surface area (Å²) < 4.78 is 13.9. The first-order valence-electron chi connectivity index (χ1n) is 4.72. The number of alkyl halides is 1. The lowest BCUT2D eigenvalue weighted by molar-refractivity contribution is 0.218. The topological polar surface area (TPSA) is 94.9 Å². The van der Waals surface area contributed by atoms with E-state index in [1.807, 2.05) is 0 Å². The van der Waals surface area contributed by atoms with Crippen LogP contribution in [0.2, 0.25) is 0 Å². The van der Waals surface area contributed by atoms with Crippen molar-refractivity contribution >= 4 is 17.8 Å². The van der Waals surface area contributed by atoms with Crippen LogP contribution < -0.4 is 16.8 Å². The Hall–Kier alpha value is -1.51. The molecule has 7 nitrogen and oxygen atoms in total. The van der Waals surface area contributed by atoms with E-state index in [4.69, 9.17) is 5.84 Å². The lowest BCUT2D eigenvalue weighted by Gasteiger charge is -2.21. The number of halogens is 1. The standard InChI is InChI=1S/C8H14FN5O2S/c1-8(2,4-9)11-5(15)14-7(16)13(10)6(12-14)17-3/h4,10H2,1-3H3,(H,11,15). The summed E-state index contributed by atoms with van der Waals surface area (Å²) >= 11 is 1.12. The van der Waals surface area contributed by atoms with E-state index >= 15 is 0 Å². The van der Waals surface area contributed by atoms with Crippen LogP contribution in [0.25, 0.3) is 0 Å². The molecule has 0 aromatic carbocycles. The number of aromatic nitrogens is 3. The minimum absolute atomic E-state index is 0.197. The Morgan fingerprint density at radius 2 is 2.24 bits per heavy atom. The Balaban J connectivity index is 3.02. The largest absolute Gasteiger partial charge is 0.374 e. The molecular weight excluding hydrogens is 249 g/mol. The summed E-state index contributed by atoms with van der Waals surface area (Å²) in [7, 11) is 0. The predicted octanol–water partition coefficient (Wildman–Crippen LogP) is -0.214. The number of amides is 1. The Kier molecular flexibility index (Phi) is 3.81. The molecule has 0 spiro atoms. The van der Waals surface area contributed by atoms with Crippen LogP contribution in [0.5, 0.6) is 0 Å². The third-order valence-corrected chi connectivity index (χ3v) is 2.58. The summed E-state index contributed by atoms with van der Waals surface area (Å²) in [5.41, 5.74) is -1.84. The van der Waals surface area contributed by atoms with Gasteiger partial charge in [0.15, 0.2) is 0 Å². The van der Waals surface area contributed by atoms with Crippen LogP contribution in [0, 0.1) is 0 Å². The molecule has 0 aliphatic rings. The van der Waals surface area contributed by atoms with Crippen molar-refractivity contribution in [3.63, 3.8) is 0 Å². The van der Waals surface area contributed by atoms with Crippen LogP contribution in [0.15, 0.2) is 9.95 Å². The van der Waals surface area contributed by atoms with E-state index in [0.29, 0.717) is 4.68 Å². The maximum Gasteiger partial charge on any atom is 0.374 e. The molecule has 1 heterocycles. The molecular formula is C8H14FN5O2S. The highest BCUT2D eigenvalue weighted by molar-refractivity contribution is 7.98. The quantitative estimate of drug-likeness (QED) is 0.581. The fraction of sp³-hybridized carbons (Fsp3) is 0.625. The van der Waals surface area contributed by atoms with E-state index in [9.17, 15) is 14.0 Å². The van der Waals surface area contributed by atoms with Crippen LogP contribution in [0.3, 0.4) is 0 Å². The molecule has 0 fully saturated rings. The lowest BCUT2D eigenvalue weighted by atomic mass is 10.1. The molecule has 9 heteroatoms. The maximum atomic E-state index is 12.5.